The maximum atomic E-state index is 12.6. The van der Waals surface area contributed by atoms with Gasteiger partial charge in [0.15, 0.2) is 0 Å². The van der Waals surface area contributed by atoms with Crippen LogP contribution in [0.4, 0.5) is 5.82 Å². The van der Waals surface area contributed by atoms with Gasteiger partial charge in [0, 0.05) is 39.4 Å². The summed E-state index contributed by atoms with van der Waals surface area (Å²) in [5.74, 6) is 0.962. The van der Waals surface area contributed by atoms with Gasteiger partial charge in [0.25, 0.3) is 5.91 Å². The summed E-state index contributed by atoms with van der Waals surface area (Å²) in [5.41, 5.74) is 6.08. The van der Waals surface area contributed by atoms with Gasteiger partial charge in [0.05, 0.1) is 11.7 Å². The number of amides is 2. The topological polar surface area (TPSA) is 88.8 Å². The largest absolute Gasteiger partial charge is 0.380 e. The molecular formula is C18H26N4O3. The van der Waals surface area contributed by atoms with Gasteiger partial charge in [-0.3, -0.25) is 9.59 Å². The Hall–Kier alpha value is -2.15. The third-order valence-corrected chi connectivity index (χ3v) is 5.28. The van der Waals surface area contributed by atoms with Crippen molar-refractivity contribution < 1.29 is 14.3 Å². The summed E-state index contributed by atoms with van der Waals surface area (Å²) in [6.45, 7) is 4.38. The Morgan fingerprint density at radius 1 is 1.28 bits per heavy atom. The van der Waals surface area contributed by atoms with Crippen molar-refractivity contribution in [2.24, 2.45) is 11.7 Å². The van der Waals surface area contributed by atoms with Gasteiger partial charge in [-0.25, -0.2) is 4.98 Å². The molecule has 0 spiro atoms. The van der Waals surface area contributed by atoms with Gasteiger partial charge < -0.3 is 20.3 Å². The number of hydrogen-bond donors (Lipinski definition) is 1. The van der Waals surface area contributed by atoms with Crippen LogP contribution < -0.4 is 10.6 Å². The molecule has 2 fully saturated rings. The Bertz CT molecular complexity index is 626. The molecule has 1 aromatic heterocycles. The molecule has 2 amide bonds. The van der Waals surface area contributed by atoms with Crippen molar-refractivity contribution in [3.05, 3.63) is 23.9 Å². The second-order valence-electron chi connectivity index (χ2n) is 7.04. The van der Waals surface area contributed by atoms with E-state index in [1.165, 1.54) is 0 Å². The lowest BCUT2D eigenvalue weighted by Gasteiger charge is -2.30. The number of rotatable bonds is 4. The molecule has 3 heterocycles. The van der Waals surface area contributed by atoms with E-state index < -0.39 is 6.04 Å². The summed E-state index contributed by atoms with van der Waals surface area (Å²) in [7, 11) is 1.63. The van der Waals surface area contributed by atoms with Crippen LogP contribution in [0.15, 0.2) is 18.3 Å². The van der Waals surface area contributed by atoms with Gasteiger partial charge in [0.1, 0.15) is 11.9 Å². The Morgan fingerprint density at radius 2 is 2.00 bits per heavy atom. The van der Waals surface area contributed by atoms with Crippen molar-refractivity contribution >= 4 is 17.6 Å². The van der Waals surface area contributed by atoms with Crippen LogP contribution in [-0.2, 0) is 9.53 Å². The van der Waals surface area contributed by atoms with Gasteiger partial charge in [-0.2, -0.15) is 0 Å². The number of primary amides is 1. The number of aromatic nitrogens is 1. The Balaban J connectivity index is 1.71. The van der Waals surface area contributed by atoms with Crippen LogP contribution in [0.5, 0.6) is 0 Å². The van der Waals surface area contributed by atoms with Gasteiger partial charge in [-0.1, -0.05) is 6.92 Å². The minimum absolute atomic E-state index is 0.0218. The normalized spacial score (nSPS) is 24.6. The molecule has 0 aliphatic carbocycles. The number of ether oxygens (including phenoxy) is 1. The molecule has 7 nitrogen and oxygen atoms in total. The van der Waals surface area contributed by atoms with E-state index in [4.69, 9.17) is 10.5 Å². The lowest BCUT2D eigenvalue weighted by atomic mass is 9.99. The van der Waals surface area contributed by atoms with Crippen LogP contribution in [-0.4, -0.2) is 60.6 Å². The van der Waals surface area contributed by atoms with Crippen molar-refractivity contribution in [3.63, 3.8) is 0 Å². The Kier molecular flexibility index (Phi) is 5.22. The molecule has 2 saturated heterocycles. The van der Waals surface area contributed by atoms with E-state index in [1.54, 1.807) is 25.4 Å². The second kappa shape index (κ2) is 7.39. The molecule has 2 atom stereocenters. The first-order valence-electron chi connectivity index (χ1n) is 8.83. The number of anilines is 1. The first-order chi connectivity index (χ1) is 12.0. The molecule has 7 heteroatoms. The van der Waals surface area contributed by atoms with Crippen LogP contribution >= 0.6 is 0 Å². The van der Waals surface area contributed by atoms with Crippen molar-refractivity contribution in [3.8, 4) is 0 Å². The van der Waals surface area contributed by atoms with Crippen molar-refractivity contribution in [1.29, 1.82) is 0 Å². The van der Waals surface area contributed by atoms with Gasteiger partial charge in [-0.05, 0) is 30.9 Å². The molecule has 2 aliphatic rings. The van der Waals surface area contributed by atoms with Crippen molar-refractivity contribution in [1.82, 2.24) is 9.88 Å². The number of nitrogens with zero attached hydrogens (tertiary/aromatic N) is 3. The molecule has 0 radical (unpaired) electrons. The quantitative estimate of drug-likeness (QED) is 0.880. The third-order valence-electron chi connectivity index (χ3n) is 5.28. The van der Waals surface area contributed by atoms with Crippen LogP contribution in [0.3, 0.4) is 0 Å². The number of piperidine rings is 1. The molecule has 136 valence electrons. The number of carbonyl (C=O) groups excluding carboxylic acids is 2. The van der Waals surface area contributed by atoms with Crippen molar-refractivity contribution in [2.75, 3.05) is 31.6 Å². The Morgan fingerprint density at radius 3 is 2.56 bits per heavy atom. The van der Waals surface area contributed by atoms with E-state index >= 15 is 0 Å². The highest BCUT2D eigenvalue weighted by atomic mass is 16.5. The molecule has 2 aliphatic heterocycles. The van der Waals surface area contributed by atoms with Crippen molar-refractivity contribution in [2.45, 2.75) is 38.3 Å². The molecule has 0 aromatic carbocycles. The molecule has 0 bridgehead atoms. The minimum Gasteiger partial charge on any atom is -0.380 e. The highest BCUT2D eigenvalue weighted by molar-refractivity contribution is 5.94. The number of methoxy groups -OCH3 is 1. The van der Waals surface area contributed by atoms with E-state index in [2.05, 4.69) is 11.9 Å². The highest BCUT2D eigenvalue weighted by Gasteiger charge is 2.36. The molecule has 25 heavy (non-hydrogen) atoms. The van der Waals surface area contributed by atoms with E-state index in [0.717, 1.165) is 25.9 Å². The lowest BCUT2D eigenvalue weighted by molar-refractivity contribution is -0.119. The number of carbonyl (C=O) groups is 2. The predicted molar refractivity (Wildman–Crippen MR) is 94.3 cm³/mol. The fraction of sp³-hybridized carbons (Fsp3) is 0.611. The smallest absolute Gasteiger partial charge is 0.255 e. The van der Waals surface area contributed by atoms with E-state index in [0.29, 0.717) is 30.3 Å². The zero-order chi connectivity index (χ0) is 18.0. The van der Waals surface area contributed by atoms with Crippen LogP contribution in [0, 0.1) is 5.92 Å². The molecule has 1 aromatic rings. The van der Waals surface area contributed by atoms with Crippen LogP contribution in [0.1, 0.15) is 36.5 Å². The summed E-state index contributed by atoms with van der Waals surface area (Å²) in [4.78, 5) is 32.4. The highest BCUT2D eigenvalue weighted by Crippen LogP contribution is 2.26. The average Bonchev–Trinajstić information content (AvgIpc) is 3.07. The summed E-state index contributed by atoms with van der Waals surface area (Å²) in [5, 5.41) is 0. The molecule has 2 N–H and O–H groups in total. The molecule has 0 unspecified atom stereocenters. The molecule has 0 saturated carbocycles. The lowest BCUT2D eigenvalue weighted by Crippen LogP contribution is -2.41. The fourth-order valence-corrected chi connectivity index (χ4v) is 3.57. The average molecular weight is 346 g/mol. The first-order valence-corrected chi connectivity index (χ1v) is 8.83. The maximum Gasteiger partial charge on any atom is 0.255 e. The number of hydrogen-bond acceptors (Lipinski definition) is 5. The van der Waals surface area contributed by atoms with E-state index in [1.807, 2.05) is 9.80 Å². The summed E-state index contributed by atoms with van der Waals surface area (Å²) >= 11 is 0. The number of nitrogens with two attached hydrogens (primary N) is 1. The summed E-state index contributed by atoms with van der Waals surface area (Å²) < 4.78 is 5.36. The summed E-state index contributed by atoms with van der Waals surface area (Å²) in [6, 6.07) is 3.14. The van der Waals surface area contributed by atoms with Gasteiger partial charge in [-0.15, -0.1) is 0 Å². The first kappa shape index (κ1) is 17.7. The number of pyridine rings is 1. The zero-order valence-corrected chi connectivity index (χ0v) is 14.9. The standard InChI is InChI=1S/C18H26N4O3/c1-12-5-7-21(8-6-12)18(24)13-3-4-16(20-10-13)22-11-14(25-2)9-15(22)17(19)23/h3-4,10,12,14-15H,5-9,11H2,1-2H3,(H2,19,23)/t14-,15-/m0/s1. The Labute approximate surface area is 148 Å². The second-order valence-corrected chi connectivity index (χ2v) is 7.04. The number of likely N-dealkylation sites (tertiary alicyclic amines) is 1. The predicted octanol–water partition coefficient (Wildman–Crippen LogP) is 1.03. The van der Waals surface area contributed by atoms with Crippen LogP contribution in [0.25, 0.3) is 0 Å². The third kappa shape index (κ3) is 3.76. The SMILES string of the molecule is CO[C@H]1C[C@@H](C(N)=O)N(c2ccc(C(=O)N3CCC(C)CC3)cn2)C1. The van der Waals surface area contributed by atoms with Gasteiger partial charge >= 0.3 is 0 Å². The monoisotopic (exact) mass is 346 g/mol. The van der Waals surface area contributed by atoms with Crippen LogP contribution in [0.2, 0.25) is 0 Å². The van der Waals surface area contributed by atoms with E-state index in [9.17, 15) is 9.59 Å². The minimum atomic E-state index is -0.428. The fourth-order valence-electron chi connectivity index (χ4n) is 3.57. The van der Waals surface area contributed by atoms with Gasteiger partial charge in [0.2, 0.25) is 5.91 Å². The van der Waals surface area contributed by atoms with E-state index in [-0.39, 0.29) is 17.9 Å². The summed E-state index contributed by atoms with van der Waals surface area (Å²) in [6.07, 6.45) is 4.19. The maximum absolute atomic E-state index is 12.6. The zero-order valence-electron chi connectivity index (χ0n) is 14.9. The molecular weight excluding hydrogens is 320 g/mol. The molecule has 3 rings (SSSR count).